The fourth-order valence-corrected chi connectivity index (χ4v) is 2.76. The molecule has 0 aromatic heterocycles. The van der Waals surface area contributed by atoms with Gasteiger partial charge in [-0.3, -0.25) is 4.79 Å². The molecule has 118 valence electrons. The van der Waals surface area contributed by atoms with Crippen LogP contribution in [0, 0.1) is 0 Å². The SMILES string of the molecule is COCCNCc1cccc(SC(C)C(=O)NC(C)C)c1. The molecule has 1 aromatic rings. The summed E-state index contributed by atoms with van der Waals surface area (Å²) in [5.74, 6) is 0.0821. The standard InChI is InChI=1S/C16H26N2O2S/c1-12(2)18-16(19)13(3)21-15-7-5-6-14(10-15)11-17-8-9-20-4/h5-7,10,12-13,17H,8-9,11H2,1-4H3,(H,18,19). The molecule has 5 heteroatoms. The Morgan fingerprint density at radius 1 is 1.33 bits per heavy atom. The predicted molar refractivity (Wildman–Crippen MR) is 88.6 cm³/mol. The number of benzene rings is 1. The molecule has 21 heavy (non-hydrogen) atoms. The Morgan fingerprint density at radius 2 is 2.10 bits per heavy atom. The van der Waals surface area contributed by atoms with Crippen molar-refractivity contribution in [3.8, 4) is 0 Å². The van der Waals surface area contributed by atoms with Gasteiger partial charge in [-0.15, -0.1) is 11.8 Å². The van der Waals surface area contributed by atoms with Crippen molar-refractivity contribution in [3.05, 3.63) is 29.8 Å². The van der Waals surface area contributed by atoms with Gasteiger partial charge in [-0.05, 0) is 38.5 Å². The van der Waals surface area contributed by atoms with Gasteiger partial charge in [0.25, 0.3) is 0 Å². The Hall–Kier alpha value is -1.04. The van der Waals surface area contributed by atoms with Gasteiger partial charge in [0.15, 0.2) is 0 Å². The zero-order valence-corrected chi connectivity index (χ0v) is 14.1. The zero-order chi connectivity index (χ0) is 15.7. The van der Waals surface area contributed by atoms with Gasteiger partial charge in [-0.25, -0.2) is 0 Å². The number of ether oxygens (including phenoxy) is 1. The van der Waals surface area contributed by atoms with E-state index in [-0.39, 0.29) is 17.2 Å². The van der Waals surface area contributed by atoms with E-state index < -0.39 is 0 Å². The lowest BCUT2D eigenvalue weighted by Crippen LogP contribution is -2.35. The summed E-state index contributed by atoms with van der Waals surface area (Å²) in [6, 6.07) is 8.47. The van der Waals surface area contributed by atoms with Crippen molar-refractivity contribution in [1.29, 1.82) is 0 Å². The maximum atomic E-state index is 11.9. The monoisotopic (exact) mass is 310 g/mol. The number of carbonyl (C=O) groups excluding carboxylic acids is 1. The van der Waals surface area contributed by atoms with E-state index in [4.69, 9.17) is 4.74 Å². The molecule has 0 aliphatic heterocycles. The van der Waals surface area contributed by atoms with Gasteiger partial charge >= 0.3 is 0 Å². The molecule has 1 rings (SSSR count). The number of carbonyl (C=O) groups is 1. The first-order valence-electron chi connectivity index (χ1n) is 7.28. The zero-order valence-electron chi connectivity index (χ0n) is 13.3. The number of hydrogen-bond acceptors (Lipinski definition) is 4. The Bertz CT molecular complexity index is 438. The van der Waals surface area contributed by atoms with Gasteiger partial charge in [0.1, 0.15) is 0 Å². The minimum absolute atomic E-state index is 0.0821. The fraction of sp³-hybridized carbons (Fsp3) is 0.562. The summed E-state index contributed by atoms with van der Waals surface area (Å²) >= 11 is 1.59. The van der Waals surface area contributed by atoms with Crippen LogP contribution in [-0.4, -0.2) is 37.5 Å². The van der Waals surface area contributed by atoms with E-state index in [0.29, 0.717) is 6.61 Å². The van der Waals surface area contributed by atoms with Gasteiger partial charge < -0.3 is 15.4 Å². The summed E-state index contributed by atoms with van der Waals surface area (Å²) in [5, 5.41) is 6.16. The normalized spacial score (nSPS) is 12.4. The average Bonchev–Trinajstić information content (AvgIpc) is 2.43. The number of thioether (sulfide) groups is 1. The Balaban J connectivity index is 2.49. The summed E-state index contributed by atoms with van der Waals surface area (Å²) in [7, 11) is 1.70. The molecule has 1 unspecified atom stereocenters. The van der Waals surface area contributed by atoms with Crippen LogP contribution < -0.4 is 10.6 Å². The van der Waals surface area contributed by atoms with E-state index in [9.17, 15) is 4.79 Å². The topological polar surface area (TPSA) is 50.4 Å². The molecule has 0 saturated carbocycles. The van der Waals surface area contributed by atoms with Crippen LogP contribution in [0.25, 0.3) is 0 Å². The Morgan fingerprint density at radius 3 is 2.76 bits per heavy atom. The maximum Gasteiger partial charge on any atom is 0.233 e. The number of amides is 1. The first-order chi connectivity index (χ1) is 10.0. The molecule has 1 atom stereocenters. The highest BCUT2D eigenvalue weighted by molar-refractivity contribution is 8.00. The summed E-state index contributed by atoms with van der Waals surface area (Å²) in [4.78, 5) is 13.0. The third kappa shape index (κ3) is 7.50. The van der Waals surface area contributed by atoms with E-state index in [1.54, 1.807) is 18.9 Å². The maximum absolute atomic E-state index is 11.9. The predicted octanol–water partition coefficient (Wildman–Crippen LogP) is 2.43. The first-order valence-corrected chi connectivity index (χ1v) is 8.16. The van der Waals surface area contributed by atoms with Crippen molar-refractivity contribution in [2.24, 2.45) is 0 Å². The van der Waals surface area contributed by atoms with Gasteiger partial charge in [-0.1, -0.05) is 12.1 Å². The summed E-state index contributed by atoms with van der Waals surface area (Å²) in [6.07, 6.45) is 0. The molecule has 0 spiro atoms. The first kappa shape index (κ1) is 18.0. The number of methoxy groups -OCH3 is 1. The number of hydrogen-bond donors (Lipinski definition) is 2. The quantitative estimate of drug-likeness (QED) is 0.543. The molecular formula is C16H26N2O2S. The molecule has 0 saturated heterocycles. The molecule has 1 aromatic carbocycles. The Labute approximate surface area is 132 Å². The highest BCUT2D eigenvalue weighted by atomic mass is 32.2. The number of rotatable bonds is 9. The lowest BCUT2D eigenvalue weighted by molar-refractivity contribution is -0.120. The van der Waals surface area contributed by atoms with Crippen LogP contribution in [0.15, 0.2) is 29.2 Å². The molecule has 2 N–H and O–H groups in total. The minimum Gasteiger partial charge on any atom is -0.383 e. The van der Waals surface area contributed by atoms with Crippen LogP contribution in [0.2, 0.25) is 0 Å². The van der Waals surface area contributed by atoms with Crippen molar-refractivity contribution in [3.63, 3.8) is 0 Å². The van der Waals surface area contributed by atoms with Crippen molar-refractivity contribution >= 4 is 17.7 Å². The van der Waals surface area contributed by atoms with Gasteiger partial charge in [-0.2, -0.15) is 0 Å². The molecule has 4 nitrogen and oxygen atoms in total. The molecule has 0 bridgehead atoms. The lowest BCUT2D eigenvalue weighted by Gasteiger charge is -2.14. The van der Waals surface area contributed by atoms with E-state index in [0.717, 1.165) is 18.0 Å². The van der Waals surface area contributed by atoms with Crippen LogP contribution in [-0.2, 0) is 16.1 Å². The highest BCUT2D eigenvalue weighted by Crippen LogP contribution is 2.24. The molecule has 1 amide bonds. The largest absolute Gasteiger partial charge is 0.383 e. The van der Waals surface area contributed by atoms with E-state index in [2.05, 4.69) is 22.8 Å². The van der Waals surface area contributed by atoms with Crippen LogP contribution in [0.1, 0.15) is 26.3 Å². The fourth-order valence-electron chi connectivity index (χ4n) is 1.80. The van der Waals surface area contributed by atoms with Crippen molar-refractivity contribution in [1.82, 2.24) is 10.6 Å². The smallest absolute Gasteiger partial charge is 0.233 e. The summed E-state index contributed by atoms with van der Waals surface area (Å²) < 4.78 is 5.00. The van der Waals surface area contributed by atoms with Crippen LogP contribution in [0.3, 0.4) is 0 Å². The molecule has 0 aliphatic rings. The highest BCUT2D eigenvalue weighted by Gasteiger charge is 2.14. The summed E-state index contributed by atoms with van der Waals surface area (Å²) in [6.45, 7) is 8.24. The minimum atomic E-state index is -0.0934. The molecular weight excluding hydrogens is 284 g/mol. The van der Waals surface area contributed by atoms with Crippen LogP contribution >= 0.6 is 11.8 Å². The van der Waals surface area contributed by atoms with Crippen molar-refractivity contribution < 1.29 is 9.53 Å². The van der Waals surface area contributed by atoms with Gasteiger partial charge in [0, 0.05) is 31.1 Å². The average molecular weight is 310 g/mol. The number of nitrogens with one attached hydrogen (secondary N) is 2. The van der Waals surface area contributed by atoms with Crippen LogP contribution in [0.5, 0.6) is 0 Å². The Kier molecular flexibility index (Phi) is 8.42. The second-order valence-electron chi connectivity index (χ2n) is 5.24. The van der Waals surface area contributed by atoms with Gasteiger partial charge in [0.05, 0.1) is 11.9 Å². The van der Waals surface area contributed by atoms with E-state index >= 15 is 0 Å². The lowest BCUT2D eigenvalue weighted by atomic mass is 10.2. The molecule has 0 fully saturated rings. The summed E-state index contributed by atoms with van der Waals surface area (Å²) in [5.41, 5.74) is 1.22. The van der Waals surface area contributed by atoms with Crippen LogP contribution in [0.4, 0.5) is 0 Å². The molecule has 0 heterocycles. The molecule has 0 aliphatic carbocycles. The third-order valence-corrected chi connectivity index (χ3v) is 3.92. The molecule has 0 radical (unpaired) electrons. The van der Waals surface area contributed by atoms with Crippen molar-refractivity contribution in [2.75, 3.05) is 20.3 Å². The van der Waals surface area contributed by atoms with E-state index in [1.807, 2.05) is 32.9 Å². The second-order valence-corrected chi connectivity index (χ2v) is 6.65. The van der Waals surface area contributed by atoms with E-state index in [1.165, 1.54) is 5.56 Å². The van der Waals surface area contributed by atoms with Gasteiger partial charge in [0.2, 0.25) is 5.91 Å². The second kappa shape index (κ2) is 9.82. The van der Waals surface area contributed by atoms with Crippen molar-refractivity contribution in [2.45, 2.75) is 43.5 Å². The third-order valence-electron chi connectivity index (χ3n) is 2.82.